The molecular weight excluding hydrogens is 370 g/mol. The largest absolute Gasteiger partial charge is 0.506 e. The molecule has 1 aromatic heterocycles. The summed E-state index contributed by atoms with van der Waals surface area (Å²) < 4.78 is 26.9. The van der Waals surface area contributed by atoms with Crippen LogP contribution in [-0.2, 0) is 10.0 Å². The number of rotatable bonds is 4. The van der Waals surface area contributed by atoms with Crippen LogP contribution in [0.15, 0.2) is 38.3 Å². The molecule has 0 aliphatic heterocycles. The van der Waals surface area contributed by atoms with Crippen molar-refractivity contribution < 1.29 is 23.4 Å². The van der Waals surface area contributed by atoms with E-state index in [-0.39, 0.29) is 15.5 Å². The minimum atomic E-state index is -3.84. The Morgan fingerprint density at radius 2 is 2.00 bits per heavy atom. The highest BCUT2D eigenvalue weighted by Crippen LogP contribution is 2.32. The molecule has 2 rings (SSSR count). The fourth-order valence-corrected chi connectivity index (χ4v) is 4.83. The molecule has 106 valence electrons. The third-order valence-corrected chi connectivity index (χ3v) is 6.35. The van der Waals surface area contributed by atoms with Gasteiger partial charge in [0.1, 0.15) is 5.75 Å². The molecule has 0 fully saturated rings. The number of phenolic OH excluding ortho intramolecular Hbond substituents is 1. The standard InChI is InChI=1S/C11H8BrNO5S2/c12-7-3-4-19-11(7)20(17,18)13-8-2-1-6(10(15)16)5-9(8)14/h1-5,13-14H,(H,15,16). The van der Waals surface area contributed by atoms with Crippen LogP contribution in [0.25, 0.3) is 0 Å². The molecule has 2 aromatic rings. The molecule has 0 atom stereocenters. The van der Waals surface area contributed by atoms with Crippen molar-refractivity contribution in [3.8, 4) is 5.75 Å². The summed E-state index contributed by atoms with van der Waals surface area (Å²) in [5, 5.41) is 20.0. The van der Waals surface area contributed by atoms with Crippen molar-refractivity contribution in [1.82, 2.24) is 0 Å². The van der Waals surface area contributed by atoms with Gasteiger partial charge in [-0.05, 0) is 45.6 Å². The average molecular weight is 378 g/mol. The van der Waals surface area contributed by atoms with Crippen LogP contribution in [0, 0.1) is 0 Å². The van der Waals surface area contributed by atoms with Crippen molar-refractivity contribution in [2.24, 2.45) is 0 Å². The maximum atomic E-state index is 12.1. The number of benzene rings is 1. The fourth-order valence-electron chi connectivity index (χ4n) is 1.41. The Balaban J connectivity index is 2.36. The molecular formula is C11H8BrNO5S2. The quantitative estimate of drug-likeness (QED) is 0.710. The van der Waals surface area contributed by atoms with E-state index in [1.807, 2.05) is 0 Å². The Morgan fingerprint density at radius 3 is 2.50 bits per heavy atom. The van der Waals surface area contributed by atoms with Gasteiger partial charge in [0.25, 0.3) is 10.0 Å². The van der Waals surface area contributed by atoms with Crippen LogP contribution in [0.2, 0.25) is 0 Å². The third kappa shape index (κ3) is 2.94. The van der Waals surface area contributed by atoms with Gasteiger partial charge in [0.15, 0.2) is 4.21 Å². The molecule has 0 radical (unpaired) electrons. The maximum absolute atomic E-state index is 12.1. The molecule has 9 heteroatoms. The molecule has 0 unspecified atom stereocenters. The van der Waals surface area contributed by atoms with Crippen molar-refractivity contribution in [1.29, 1.82) is 0 Å². The molecule has 6 nitrogen and oxygen atoms in total. The number of thiophene rings is 1. The zero-order chi connectivity index (χ0) is 14.9. The Kier molecular flexibility index (Phi) is 4.02. The van der Waals surface area contributed by atoms with Crippen LogP contribution >= 0.6 is 27.3 Å². The summed E-state index contributed by atoms with van der Waals surface area (Å²) in [6.45, 7) is 0. The number of aromatic carboxylic acids is 1. The first-order valence-corrected chi connectivity index (χ1v) is 8.29. The van der Waals surface area contributed by atoms with E-state index in [9.17, 15) is 18.3 Å². The summed E-state index contributed by atoms with van der Waals surface area (Å²) in [4.78, 5) is 10.7. The van der Waals surface area contributed by atoms with Gasteiger partial charge >= 0.3 is 5.97 Å². The molecule has 0 amide bonds. The SMILES string of the molecule is O=C(O)c1ccc(NS(=O)(=O)c2sccc2Br)c(O)c1. The van der Waals surface area contributed by atoms with Gasteiger partial charge in [-0.1, -0.05) is 0 Å². The molecule has 1 aromatic carbocycles. The Bertz CT molecular complexity index is 769. The molecule has 0 saturated carbocycles. The van der Waals surface area contributed by atoms with Gasteiger partial charge in [-0.3, -0.25) is 4.72 Å². The zero-order valence-corrected chi connectivity index (χ0v) is 12.9. The van der Waals surface area contributed by atoms with Crippen LogP contribution in [0.5, 0.6) is 5.75 Å². The van der Waals surface area contributed by atoms with E-state index in [1.54, 1.807) is 11.4 Å². The second-order valence-electron chi connectivity index (χ2n) is 3.70. The van der Waals surface area contributed by atoms with E-state index in [4.69, 9.17) is 5.11 Å². The number of carbonyl (C=O) groups is 1. The van der Waals surface area contributed by atoms with Gasteiger partial charge in [-0.15, -0.1) is 11.3 Å². The van der Waals surface area contributed by atoms with Crippen molar-refractivity contribution in [2.45, 2.75) is 4.21 Å². The maximum Gasteiger partial charge on any atom is 0.335 e. The van der Waals surface area contributed by atoms with Gasteiger partial charge in [0, 0.05) is 4.47 Å². The minimum absolute atomic E-state index is 0.0687. The van der Waals surface area contributed by atoms with Crippen molar-refractivity contribution in [3.05, 3.63) is 39.7 Å². The molecule has 1 heterocycles. The summed E-state index contributed by atoms with van der Waals surface area (Å²) in [5.41, 5.74) is -0.224. The zero-order valence-electron chi connectivity index (χ0n) is 9.70. The predicted molar refractivity (Wildman–Crippen MR) is 77.9 cm³/mol. The molecule has 0 spiro atoms. The van der Waals surface area contributed by atoms with E-state index in [1.165, 1.54) is 12.1 Å². The first-order chi connectivity index (χ1) is 9.31. The van der Waals surface area contributed by atoms with E-state index < -0.39 is 21.7 Å². The molecule has 0 bridgehead atoms. The number of carboxylic acids is 1. The van der Waals surface area contributed by atoms with Gasteiger partial charge in [-0.25, -0.2) is 13.2 Å². The predicted octanol–water partition coefficient (Wildman–Crippen LogP) is 2.72. The van der Waals surface area contributed by atoms with Gasteiger partial charge in [-0.2, -0.15) is 0 Å². The minimum Gasteiger partial charge on any atom is -0.506 e. The van der Waals surface area contributed by atoms with Crippen LogP contribution in [0.4, 0.5) is 5.69 Å². The van der Waals surface area contributed by atoms with Gasteiger partial charge < -0.3 is 10.2 Å². The monoisotopic (exact) mass is 377 g/mol. The number of hydrogen-bond donors (Lipinski definition) is 3. The number of anilines is 1. The van der Waals surface area contributed by atoms with E-state index in [2.05, 4.69) is 20.7 Å². The summed E-state index contributed by atoms with van der Waals surface area (Å²) in [6, 6.07) is 4.96. The number of phenols is 1. The van der Waals surface area contributed by atoms with Crippen LogP contribution in [0.1, 0.15) is 10.4 Å². The average Bonchev–Trinajstić information content (AvgIpc) is 2.78. The summed E-state index contributed by atoms with van der Waals surface area (Å²) in [7, 11) is -3.84. The highest BCUT2D eigenvalue weighted by atomic mass is 79.9. The van der Waals surface area contributed by atoms with E-state index in [0.717, 1.165) is 17.4 Å². The van der Waals surface area contributed by atoms with Gasteiger partial charge in [0.2, 0.25) is 0 Å². The summed E-state index contributed by atoms with van der Waals surface area (Å²) in [5.74, 6) is -1.67. The number of aromatic hydroxyl groups is 1. The lowest BCUT2D eigenvalue weighted by Gasteiger charge is -2.09. The molecule has 3 N–H and O–H groups in total. The lowest BCUT2D eigenvalue weighted by molar-refractivity contribution is 0.0696. The second-order valence-corrected chi connectivity index (χ2v) is 7.35. The second kappa shape index (κ2) is 5.43. The highest BCUT2D eigenvalue weighted by molar-refractivity contribution is 9.10. The summed E-state index contributed by atoms with van der Waals surface area (Å²) in [6.07, 6.45) is 0. The third-order valence-electron chi connectivity index (χ3n) is 2.32. The first-order valence-electron chi connectivity index (χ1n) is 5.13. The van der Waals surface area contributed by atoms with Crippen LogP contribution < -0.4 is 4.72 Å². The van der Waals surface area contributed by atoms with Crippen LogP contribution in [-0.4, -0.2) is 24.6 Å². The first kappa shape index (κ1) is 14.8. The van der Waals surface area contributed by atoms with Crippen LogP contribution in [0.3, 0.4) is 0 Å². The molecule has 20 heavy (non-hydrogen) atoms. The molecule has 0 saturated heterocycles. The summed E-state index contributed by atoms with van der Waals surface area (Å²) >= 11 is 4.13. The van der Waals surface area contributed by atoms with E-state index in [0.29, 0.717) is 4.47 Å². The lowest BCUT2D eigenvalue weighted by Crippen LogP contribution is -2.12. The van der Waals surface area contributed by atoms with Crippen molar-refractivity contribution in [2.75, 3.05) is 4.72 Å². The topological polar surface area (TPSA) is 104 Å². The normalized spacial score (nSPS) is 11.2. The van der Waals surface area contributed by atoms with E-state index >= 15 is 0 Å². The lowest BCUT2D eigenvalue weighted by atomic mass is 10.2. The van der Waals surface area contributed by atoms with Crippen molar-refractivity contribution in [3.63, 3.8) is 0 Å². The fraction of sp³-hybridized carbons (Fsp3) is 0. The number of halogens is 1. The van der Waals surface area contributed by atoms with Gasteiger partial charge in [0.05, 0.1) is 11.3 Å². The Hall–Kier alpha value is -1.58. The highest BCUT2D eigenvalue weighted by Gasteiger charge is 2.21. The number of carboxylic acid groups (broad SMARTS) is 1. The Labute approximate surface area is 126 Å². The smallest absolute Gasteiger partial charge is 0.335 e. The number of sulfonamides is 1. The number of hydrogen-bond acceptors (Lipinski definition) is 5. The Morgan fingerprint density at radius 1 is 1.30 bits per heavy atom. The van der Waals surface area contributed by atoms with Crippen molar-refractivity contribution >= 4 is 48.9 Å². The molecule has 0 aliphatic carbocycles. The number of nitrogens with one attached hydrogen (secondary N) is 1. The molecule has 0 aliphatic rings.